The zero-order chi connectivity index (χ0) is 16.0. The number of rotatable bonds is 7. The molecular formula is C13H19ClN6O2. The molecule has 1 aromatic heterocycles. The second-order valence-corrected chi connectivity index (χ2v) is 5.69. The highest BCUT2D eigenvalue weighted by molar-refractivity contribution is 6.28. The van der Waals surface area contributed by atoms with Gasteiger partial charge < -0.3 is 20.1 Å². The summed E-state index contributed by atoms with van der Waals surface area (Å²) in [5.41, 5.74) is -0.793. The van der Waals surface area contributed by atoms with E-state index < -0.39 is 5.54 Å². The van der Waals surface area contributed by atoms with Gasteiger partial charge in [0.05, 0.1) is 19.3 Å². The third-order valence-corrected chi connectivity index (χ3v) is 3.07. The second kappa shape index (κ2) is 7.54. The quantitative estimate of drug-likeness (QED) is 0.731. The van der Waals surface area contributed by atoms with Gasteiger partial charge in [0, 0.05) is 13.0 Å². The molecule has 1 fully saturated rings. The van der Waals surface area contributed by atoms with Crippen molar-refractivity contribution < 1.29 is 9.47 Å². The molecule has 8 nitrogen and oxygen atoms in total. The lowest BCUT2D eigenvalue weighted by atomic mass is 10.1. The van der Waals surface area contributed by atoms with Crippen LogP contribution in [0.5, 0.6) is 0 Å². The van der Waals surface area contributed by atoms with Crippen molar-refractivity contribution in [3.63, 3.8) is 0 Å². The summed E-state index contributed by atoms with van der Waals surface area (Å²) in [5, 5.41) is 15.1. The topological polar surface area (TPSA) is 105 Å². The lowest BCUT2D eigenvalue weighted by Crippen LogP contribution is -2.29. The fraction of sp³-hybridized carbons (Fsp3) is 0.692. The monoisotopic (exact) mass is 326 g/mol. The Kier molecular flexibility index (Phi) is 5.71. The van der Waals surface area contributed by atoms with Crippen molar-refractivity contribution in [2.45, 2.75) is 38.5 Å². The smallest absolute Gasteiger partial charge is 0.230 e. The van der Waals surface area contributed by atoms with Crippen LogP contribution in [0.25, 0.3) is 0 Å². The SMILES string of the molecule is CC(C)(C#N)Nc1nc(Cl)nc(NCCCC2OCCO2)n1. The molecule has 2 N–H and O–H groups in total. The van der Waals surface area contributed by atoms with Crippen molar-refractivity contribution in [3.05, 3.63) is 5.28 Å². The first-order valence-electron chi connectivity index (χ1n) is 7.06. The van der Waals surface area contributed by atoms with E-state index in [-0.39, 0.29) is 17.5 Å². The molecule has 0 atom stereocenters. The molecular weight excluding hydrogens is 308 g/mol. The van der Waals surface area contributed by atoms with Crippen molar-refractivity contribution in [3.8, 4) is 6.07 Å². The Labute approximate surface area is 134 Å². The second-order valence-electron chi connectivity index (χ2n) is 5.35. The minimum atomic E-state index is -0.793. The van der Waals surface area contributed by atoms with Crippen LogP contribution in [0.4, 0.5) is 11.9 Å². The van der Waals surface area contributed by atoms with Gasteiger partial charge in [0.2, 0.25) is 17.2 Å². The first-order chi connectivity index (χ1) is 10.5. The molecule has 2 rings (SSSR count). The third-order valence-electron chi connectivity index (χ3n) is 2.90. The van der Waals surface area contributed by atoms with Crippen molar-refractivity contribution in [2.75, 3.05) is 30.4 Å². The van der Waals surface area contributed by atoms with Crippen molar-refractivity contribution in [1.82, 2.24) is 15.0 Å². The summed E-state index contributed by atoms with van der Waals surface area (Å²) < 4.78 is 10.7. The third kappa shape index (κ3) is 5.26. The Balaban J connectivity index is 1.85. The highest BCUT2D eigenvalue weighted by Crippen LogP contribution is 2.15. The predicted octanol–water partition coefficient (Wildman–Crippen LogP) is 1.80. The Morgan fingerprint density at radius 1 is 1.27 bits per heavy atom. The maximum atomic E-state index is 9.02. The molecule has 2 heterocycles. The number of anilines is 2. The average Bonchev–Trinajstić information content (AvgIpc) is 2.96. The van der Waals surface area contributed by atoms with Gasteiger partial charge in [0.1, 0.15) is 5.54 Å². The van der Waals surface area contributed by atoms with Gasteiger partial charge in [-0.15, -0.1) is 0 Å². The van der Waals surface area contributed by atoms with Gasteiger partial charge in [-0.1, -0.05) is 0 Å². The number of halogens is 1. The molecule has 0 aromatic carbocycles. The fourth-order valence-corrected chi connectivity index (χ4v) is 2.00. The summed E-state index contributed by atoms with van der Waals surface area (Å²) in [6.45, 7) is 5.42. The van der Waals surface area contributed by atoms with Crippen LogP contribution >= 0.6 is 11.6 Å². The van der Waals surface area contributed by atoms with Gasteiger partial charge in [-0.3, -0.25) is 0 Å². The van der Waals surface area contributed by atoms with E-state index >= 15 is 0 Å². The molecule has 1 saturated heterocycles. The Bertz CT molecular complexity index is 542. The Morgan fingerprint density at radius 2 is 1.95 bits per heavy atom. The molecule has 22 heavy (non-hydrogen) atoms. The predicted molar refractivity (Wildman–Crippen MR) is 81.6 cm³/mol. The zero-order valence-corrected chi connectivity index (χ0v) is 13.4. The van der Waals surface area contributed by atoms with Crippen LogP contribution in [-0.2, 0) is 9.47 Å². The molecule has 0 radical (unpaired) electrons. The summed E-state index contributed by atoms with van der Waals surface area (Å²) in [5.74, 6) is 0.626. The maximum Gasteiger partial charge on any atom is 0.230 e. The zero-order valence-electron chi connectivity index (χ0n) is 12.6. The lowest BCUT2D eigenvalue weighted by molar-refractivity contribution is -0.0470. The number of nitrogens with one attached hydrogen (secondary N) is 2. The fourth-order valence-electron chi connectivity index (χ4n) is 1.84. The summed E-state index contributed by atoms with van der Waals surface area (Å²) in [7, 11) is 0. The van der Waals surface area contributed by atoms with Gasteiger partial charge in [0.15, 0.2) is 6.29 Å². The van der Waals surface area contributed by atoms with Crippen LogP contribution in [0.3, 0.4) is 0 Å². The van der Waals surface area contributed by atoms with Crippen LogP contribution in [-0.4, -0.2) is 46.5 Å². The van der Waals surface area contributed by atoms with Gasteiger partial charge in [0.25, 0.3) is 0 Å². The van der Waals surface area contributed by atoms with E-state index in [9.17, 15) is 0 Å². The lowest BCUT2D eigenvalue weighted by Gasteiger charge is -2.17. The number of hydrogen-bond acceptors (Lipinski definition) is 8. The molecule has 120 valence electrons. The standard InChI is InChI=1S/C13H19ClN6O2/c1-13(2,8-15)20-12-18-10(14)17-11(19-12)16-5-3-4-9-21-6-7-22-9/h9H,3-7H2,1-2H3,(H2,16,17,18,19,20). The summed E-state index contributed by atoms with van der Waals surface area (Å²) >= 11 is 5.87. The molecule has 9 heteroatoms. The van der Waals surface area contributed by atoms with Gasteiger partial charge in [-0.05, 0) is 31.9 Å². The first kappa shape index (κ1) is 16.7. The van der Waals surface area contributed by atoms with E-state index in [1.807, 2.05) is 0 Å². The number of nitriles is 1. The Hall–Kier alpha value is -1.69. The van der Waals surface area contributed by atoms with E-state index in [2.05, 4.69) is 31.7 Å². The highest BCUT2D eigenvalue weighted by Gasteiger charge is 2.18. The molecule has 0 bridgehead atoms. The van der Waals surface area contributed by atoms with Crippen LogP contribution in [0, 0.1) is 11.3 Å². The molecule has 0 unspecified atom stereocenters. The molecule has 1 aliphatic heterocycles. The van der Waals surface area contributed by atoms with Crippen LogP contribution in [0.15, 0.2) is 0 Å². The van der Waals surface area contributed by atoms with E-state index in [0.29, 0.717) is 25.7 Å². The van der Waals surface area contributed by atoms with E-state index in [1.54, 1.807) is 13.8 Å². The maximum absolute atomic E-state index is 9.02. The van der Waals surface area contributed by atoms with Crippen LogP contribution < -0.4 is 10.6 Å². The van der Waals surface area contributed by atoms with Crippen molar-refractivity contribution >= 4 is 23.5 Å². The minimum absolute atomic E-state index is 0.0659. The summed E-state index contributed by atoms with van der Waals surface area (Å²) in [6, 6.07) is 2.11. The van der Waals surface area contributed by atoms with Crippen molar-refractivity contribution in [1.29, 1.82) is 5.26 Å². The van der Waals surface area contributed by atoms with Crippen LogP contribution in [0.2, 0.25) is 5.28 Å². The molecule has 0 amide bonds. The minimum Gasteiger partial charge on any atom is -0.354 e. The number of nitrogens with zero attached hydrogens (tertiary/aromatic N) is 4. The molecule has 1 aromatic rings. The van der Waals surface area contributed by atoms with E-state index in [0.717, 1.165) is 12.8 Å². The largest absolute Gasteiger partial charge is 0.354 e. The van der Waals surface area contributed by atoms with Crippen LogP contribution in [0.1, 0.15) is 26.7 Å². The molecule has 0 saturated carbocycles. The number of aromatic nitrogens is 3. The van der Waals surface area contributed by atoms with Gasteiger partial charge in [-0.2, -0.15) is 20.2 Å². The number of hydrogen-bond donors (Lipinski definition) is 2. The molecule has 0 spiro atoms. The van der Waals surface area contributed by atoms with Gasteiger partial charge >= 0.3 is 0 Å². The summed E-state index contributed by atoms with van der Waals surface area (Å²) in [6.07, 6.45) is 1.54. The molecule has 1 aliphatic rings. The van der Waals surface area contributed by atoms with E-state index in [1.165, 1.54) is 0 Å². The van der Waals surface area contributed by atoms with Crippen molar-refractivity contribution in [2.24, 2.45) is 0 Å². The normalized spacial score (nSPS) is 15.5. The Morgan fingerprint density at radius 3 is 2.64 bits per heavy atom. The molecule has 0 aliphatic carbocycles. The van der Waals surface area contributed by atoms with E-state index in [4.69, 9.17) is 26.3 Å². The average molecular weight is 327 g/mol. The van der Waals surface area contributed by atoms with Gasteiger partial charge in [-0.25, -0.2) is 0 Å². The number of ether oxygens (including phenoxy) is 2. The summed E-state index contributed by atoms with van der Waals surface area (Å²) in [4.78, 5) is 12.2. The highest BCUT2D eigenvalue weighted by atomic mass is 35.5. The first-order valence-corrected chi connectivity index (χ1v) is 7.44.